The number of halogens is 1. The van der Waals surface area contributed by atoms with Gasteiger partial charge in [0.15, 0.2) is 0 Å². The summed E-state index contributed by atoms with van der Waals surface area (Å²) in [5.41, 5.74) is 3.96. The van der Waals surface area contributed by atoms with Gasteiger partial charge in [-0.1, -0.05) is 49.6 Å². The molecule has 0 bridgehead atoms. The normalized spacial score (nSPS) is 15.2. The molecule has 0 spiro atoms. The smallest absolute Gasteiger partial charge is 0.256 e. The van der Waals surface area contributed by atoms with Crippen molar-refractivity contribution in [2.75, 3.05) is 12.4 Å². The first-order chi connectivity index (χ1) is 12.6. The summed E-state index contributed by atoms with van der Waals surface area (Å²) in [5.74, 6) is -0.0362. The Balaban J connectivity index is 1.74. The fraction of sp³-hybridized carbons (Fsp3) is 0.409. The third-order valence-electron chi connectivity index (χ3n) is 5.32. The quantitative estimate of drug-likeness (QED) is 0.586. The van der Waals surface area contributed by atoms with Crippen molar-refractivity contribution in [3.8, 4) is 0 Å². The number of anilines is 1. The molecule has 2 aromatic carbocycles. The molecule has 0 unspecified atom stereocenters. The van der Waals surface area contributed by atoms with Crippen LogP contribution in [0, 0.1) is 10.5 Å². The average Bonchev–Trinajstić information content (AvgIpc) is 2.66. The fourth-order valence-electron chi connectivity index (χ4n) is 3.71. The van der Waals surface area contributed by atoms with Crippen molar-refractivity contribution in [3.05, 3.63) is 62.7 Å². The van der Waals surface area contributed by atoms with Crippen LogP contribution in [0.5, 0.6) is 0 Å². The molecule has 1 amide bonds. The van der Waals surface area contributed by atoms with E-state index >= 15 is 0 Å². The van der Waals surface area contributed by atoms with Crippen LogP contribution in [-0.4, -0.2) is 23.9 Å². The van der Waals surface area contributed by atoms with Gasteiger partial charge in [-0.2, -0.15) is 0 Å². The number of para-hydroxylation sites is 1. The summed E-state index contributed by atoms with van der Waals surface area (Å²) in [5, 5.41) is 3.13. The maximum absolute atomic E-state index is 12.8. The zero-order valence-electron chi connectivity index (χ0n) is 15.6. The Morgan fingerprint density at radius 1 is 1.12 bits per heavy atom. The number of carbonyl (C=O) groups is 1. The summed E-state index contributed by atoms with van der Waals surface area (Å²) in [4.78, 5) is 15.2. The minimum atomic E-state index is -0.0362. The van der Waals surface area contributed by atoms with Gasteiger partial charge >= 0.3 is 0 Å². The molecule has 1 N–H and O–H groups in total. The monoisotopic (exact) mass is 462 g/mol. The largest absolute Gasteiger partial charge is 0.322 e. The number of nitrogens with zero attached hydrogens (tertiary/aromatic N) is 1. The van der Waals surface area contributed by atoms with Crippen molar-refractivity contribution in [3.63, 3.8) is 0 Å². The number of benzene rings is 2. The van der Waals surface area contributed by atoms with E-state index in [0.29, 0.717) is 6.04 Å². The second-order valence-corrected chi connectivity index (χ2v) is 8.33. The number of aryl methyl sites for hydroxylation is 1. The van der Waals surface area contributed by atoms with E-state index in [0.717, 1.165) is 26.9 Å². The van der Waals surface area contributed by atoms with E-state index in [1.54, 1.807) is 0 Å². The van der Waals surface area contributed by atoms with Gasteiger partial charge in [-0.3, -0.25) is 9.69 Å². The van der Waals surface area contributed by atoms with Crippen LogP contribution >= 0.6 is 22.6 Å². The van der Waals surface area contributed by atoms with Gasteiger partial charge in [-0.25, -0.2) is 0 Å². The molecule has 0 heterocycles. The highest BCUT2D eigenvalue weighted by molar-refractivity contribution is 14.1. The first-order valence-electron chi connectivity index (χ1n) is 9.41. The van der Waals surface area contributed by atoms with Crippen LogP contribution in [0.15, 0.2) is 42.5 Å². The molecule has 0 saturated heterocycles. The van der Waals surface area contributed by atoms with Crippen molar-refractivity contribution in [1.82, 2.24) is 4.90 Å². The van der Waals surface area contributed by atoms with Gasteiger partial charge in [0, 0.05) is 21.8 Å². The van der Waals surface area contributed by atoms with E-state index in [-0.39, 0.29) is 5.91 Å². The van der Waals surface area contributed by atoms with Crippen molar-refractivity contribution >= 4 is 34.2 Å². The summed E-state index contributed by atoms with van der Waals surface area (Å²) in [6, 6.07) is 14.7. The summed E-state index contributed by atoms with van der Waals surface area (Å²) >= 11 is 2.25. The lowest BCUT2D eigenvalue weighted by molar-refractivity contribution is 0.102. The maximum Gasteiger partial charge on any atom is 0.256 e. The Kier molecular flexibility index (Phi) is 6.70. The van der Waals surface area contributed by atoms with Gasteiger partial charge in [0.05, 0.1) is 5.56 Å². The van der Waals surface area contributed by atoms with Crippen molar-refractivity contribution in [2.45, 2.75) is 51.6 Å². The zero-order valence-corrected chi connectivity index (χ0v) is 17.8. The molecule has 3 nitrogen and oxygen atoms in total. The van der Waals surface area contributed by atoms with E-state index < -0.39 is 0 Å². The minimum absolute atomic E-state index is 0.0362. The van der Waals surface area contributed by atoms with Gasteiger partial charge in [0.1, 0.15) is 0 Å². The van der Waals surface area contributed by atoms with Crippen LogP contribution in [0.25, 0.3) is 0 Å². The maximum atomic E-state index is 12.8. The Hall–Kier alpha value is -1.40. The molecular formula is C22H27IN2O. The van der Waals surface area contributed by atoms with E-state index in [1.165, 1.54) is 37.7 Å². The van der Waals surface area contributed by atoms with E-state index in [2.05, 4.69) is 52.0 Å². The molecule has 1 saturated carbocycles. The van der Waals surface area contributed by atoms with Crippen molar-refractivity contribution < 1.29 is 4.79 Å². The number of carbonyl (C=O) groups excluding carboxylic acids is 1. The average molecular weight is 462 g/mol. The molecule has 4 heteroatoms. The highest BCUT2D eigenvalue weighted by Gasteiger charge is 2.19. The SMILES string of the molecule is Cc1cccc(C(=O)Nc2ccccc2CN(C)C2CCCCC2)c1I. The zero-order chi connectivity index (χ0) is 18.5. The molecule has 0 aliphatic heterocycles. The van der Waals surface area contributed by atoms with Crippen LogP contribution in [-0.2, 0) is 6.54 Å². The first-order valence-corrected chi connectivity index (χ1v) is 10.5. The van der Waals surface area contributed by atoms with Gasteiger partial charge in [-0.15, -0.1) is 0 Å². The van der Waals surface area contributed by atoms with Gasteiger partial charge < -0.3 is 5.32 Å². The highest BCUT2D eigenvalue weighted by atomic mass is 127. The molecular weight excluding hydrogens is 435 g/mol. The van der Waals surface area contributed by atoms with Crippen LogP contribution in [0.2, 0.25) is 0 Å². The Morgan fingerprint density at radius 2 is 1.85 bits per heavy atom. The number of rotatable bonds is 5. The number of nitrogens with one attached hydrogen (secondary N) is 1. The van der Waals surface area contributed by atoms with Gasteiger partial charge in [0.2, 0.25) is 0 Å². The summed E-state index contributed by atoms with van der Waals surface area (Å²) in [6.07, 6.45) is 6.60. The molecule has 0 atom stereocenters. The summed E-state index contributed by atoms with van der Waals surface area (Å²) in [7, 11) is 2.21. The number of hydrogen-bond donors (Lipinski definition) is 1. The molecule has 26 heavy (non-hydrogen) atoms. The third-order valence-corrected chi connectivity index (χ3v) is 6.75. The lowest BCUT2D eigenvalue weighted by atomic mass is 9.94. The third kappa shape index (κ3) is 4.65. The molecule has 138 valence electrons. The van der Waals surface area contributed by atoms with Crippen LogP contribution in [0.4, 0.5) is 5.69 Å². The Morgan fingerprint density at radius 3 is 2.62 bits per heavy atom. The van der Waals surface area contributed by atoms with E-state index in [1.807, 2.05) is 37.3 Å². The molecule has 0 radical (unpaired) electrons. The van der Waals surface area contributed by atoms with Crippen LogP contribution in [0.1, 0.15) is 53.6 Å². The lowest BCUT2D eigenvalue weighted by Gasteiger charge is -2.31. The minimum Gasteiger partial charge on any atom is -0.322 e. The topological polar surface area (TPSA) is 32.3 Å². The molecule has 1 aliphatic rings. The summed E-state index contributed by atoms with van der Waals surface area (Å²) in [6.45, 7) is 2.90. The van der Waals surface area contributed by atoms with Gasteiger partial charge in [0.25, 0.3) is 5.91 Å². The number of hydrogen-bond acceptors (Lipinski definition) is 2. The van der Waals surface area contributed by atoms with E-state index in [4.69, 9.17) is 0 Å². The number of amides is 1. The van der Waals surface area contributed by atoms with E-state index in [9.17, 15) is 4.79 Å². The highest BCUT2D eigenvalue weighted by Crippen LogP contribution is 2.25. The molecule has 1 fully saturated rings. The fourth-order valence-corrected chi connectivity index (χ4v) is 4.32. The van der Waals surface area contributed by atoms with Crippen LogP contribution in [0.3, 0.4) is 0 Å². The molecule has 1 aliphatic carbocycles. The molecule has 0 aromatic heterocycles. The van der Waals surface area contributed by atoms with Gasteiger partial charge in [-0.05, 0) is 72.7 Å². The lowest BCUT2D eigenvalue weighted by Crippen LogP contribution is -2.33. The van der Waals surface area contributed by atoms with Crippen molar-refractivity contribution in [1.29, 1.82) is 0 Å². The summed E-state index contributed by atoms with van der Waals surface area (Å²) < 4.78 is 1.01. The predicted molar refractivity (Wildman–Crippen MR) is 117 cm³/mol. The van der Waals surface area contributed by atoms with Crippen LogP contribution < -0.4 is 5.32 Å². The Bertz CT molecular complexity index is 768. The second-order valence-electron chi connectivity index (χ2n) is 7.25. The molecule has 3 rings (SSSR count). The first kappa shape index (κ1) is 19.4. The second kappa shape index (κ2) is 9.00. The van der Waals surface area contributed by atoms with Crippen molar-refractivity contribution in [2.24, 2.45) is 0 Å². The predicted octanol–water partition coefficient (Wildman–Crippen LogP) is 5.62. The molecule has 2 aromatic rings. The Labute approximate surface area is 170 Å². The standard InChI is InChI=1S/C22H27IN2O/c1-16-9-8-13-19(21(16)23)22(26)24-20-14-7-6-10-17(20)15-25(2)18-11-4-3-5-12-18/h6-10,13-14,18H,3-5,11-12,15H2,1-2H3,(H,24,26).